The molecular formula is C13H15BrF3N5O. The number of carbonyl (C=O) groups is 1. The lowest BCUT2D eigenvalue weighted by atomic mass is 10.3. The first-order chi connectivity index (χ1) is 10.7. The van der Waals surface area contributed by atoms with Gasteiger partial charge in [-0.15, -0.1) is 0 Å². The summed E-state index contributed by atoms with van der Waals surface area (Å²) in [7, 11) is 1.77. The summed E-state index contributed by atoms with van der Waals surface area (Å²) in [4.78, 5) is 11.8. The van der Waals surface area contributed by atoms with Gasteiger partial charge in [-0.05, 0) is 28.9 Å². The number of aromatic nitrogens is 4. The Morgan fingerprint density at radius 3 is 2.61 bits per heavy atom. The van der Waals surface area contributed by atoms with Gasteiger partial charge in [-0.3, -0.25) is 14.2 Å². The van der Waals surface area contributed by atoms with Crippen LogP contribution in [0.1, 0.15) is 23.5 Å². The highest BCUT2D eigenvalue weighted by Crippen LogP contribution is 2.35. The van der Waals surface area contributed by atoms with Gasteiger partial charge in [-0.1, -0.05) is 0 Å². The number of alkyl halides is 3. The van der Waals surface area contributed by atoms with Crippen LogP contribution in [0.3, 0.4) is 0 Å². The Hall–Kier alpha value is -1.84. The van der Waals surface area contributed by atoms with E-state index in [-0.39, 0.29) is 29.9 Å². The zero-order valence-corrected chi connectivity index (χ0v) is 14.1. The molecule has 0 aliphatic rings. The molecule has 1 amide bonds. The van der Waals surface area contributed by atoms with Gasteiger partial charge in [0.25, 0.3) is 0 Å². The minimum atomic E-state index is -4.53. The molecule has 1 N–H and O–H groups in total. The molecule has 0 aromatic carbocycles. The second kappa shape index (κ2) is 6.73. The van der Waals surface area contributed by atoms with Crippen LogP contribution < -0.4 is 5.32 Å². The van der Waals surface area contributed by atoms with Crippen LogP contribution in [0.15, 0.2) is 16.7 Å². The summed E-state index contributed by atoms with van der Waals surface area (Å²) in [5, 5.41) is 10.3. The van der Waals surface area contributed by atoms with Crippen molar-refractivity contribution in [3.8, 4) is 0 Å². The maximum atomic E-state index is 12.8. The van der Waals surface area contributed by atoms with E-state index in [4.69, 9.17) is 0 Å². The number of nitrogens with zero attached hydrogens (tertiary/aromatic N) is 4. The lowest BCUT2D eigenvalue weighted by Crippen LogP contribution is -2.24. The van der Waals surface area contributed by atoms with E-state index < -0.39 is 11.9 Å². The molecule has 0 aliphatic heterocycles. The average Bonchev–Trinajstić information content (AvgIpc) is 2.99. The van der Waals surface area contributed by atoms with E-state index in [2.05, 4.69) is 31.4 Å². The fourth-order valence-electron chi connectivity index (χ4n) is 1.97. The SMILES string of the molecule is Cc1c(Br)c(C(F)(F)F)nn1CCC(=O)NCc1ccn(C)n1. The Bertz CT molecular complexity index is 707. The van der Waals surface area contributed by atoms with Crippen LogP contribution in [0.4, 0.5) is 13.2 Å². The molecule has 0 fully saturated rings. The quantitative estimate of drug-likeness (QED) is 0.848. The first kappa shape index (κ1) is 17.5. The number of hydrogen-bond donors (Lipinski definition) is 1. The normalized spacial score (nSPS) is 11.7. The molecule has 6 nitrogen and oxygen atoms in total. The van der Waals surface area contributed by atoms with Crippen molar-refractivity contribution >= 4 is 21.8 Å². The van der Waals surface area contributed by atoms with Crippen molar-refractivity contribution in [3.05, 3.63) is 33.8 Å². The van der Waals surface area contributed by atoms with Crippen LogP contribution in [0.2, 0.25) is 0 Å². The van der Waals surface area contributed by atoms with E-state index in [0.29, 0.717) is 11.4 Å². The molecule has 23 heavy (non-hydrogen) atoms. The zero-order chi connectivity index (χ0) is 17.2. The van der Waals surface area contributed by atoms with E-state index in [1.807, 2.05) is 0 Å². The third kappa shape index (κ3) is 4.34. The van der Waals surface area contributed by atoms with Crippen molar-refractivity contribution in [3.63, 3.8) is 0 Å². The topological polar surface area (TPSA) is 64.7 Å². The molecule has 0 radical (unpaired) electrons. The molecule has 0 aliphatic carbocycles. The number of hydrogen-bond acceptors (Lipinski definition) is 3. The number of nitrogens with one attached hydrogen (secondary N) is 1. The predicted octanol–water partition coefficient (Wildman–Crippen LogP) is 2.41. The number of amides is 1. The minimum Gasteiger partial charge on any atom is -0.350 e. The molecule has 2 aromatic heterocycles. The van der Waals surface area contributed by atoms with Gasteiger partial charge < -0.3 is 5.32 Å². The minimum absolute atomic E-state index is 0.0269. The highest BCUT2D eigenvalue weighted by atomic mass is 79.9. The van der Waals surface area contributed by atoms with E-state index >= 15 is 0 Å². The lowest BCUT2D eigenvalue weighted by molar-refractivity contribution is -0.142. The van der Waals surface area contributed by atoms with Crippen LogP contribution in [0.25, 0.3) is 0 Å². The van der Waals surface area contributed by atoms with Crippen LogP contribution >= 0.6 is 15.9 Å². The van der Waals surface area contributed by atoms with Crippen LogP contribution in [0, 0.1) is 6.92 Å². The molecule has 0 unspecified atom stereocenters. The molecule has 0 bridgehead atoms. The van der Waals surface area contributed by atoms with Crippen LogP contribution in [0.5, 0.6) is 0 Å². The first-order valence-corrected chi connectivity index (χ1v) is 7.53. The third-order valence-corrected chi connectivity index (χ3v) is 4.14. The predicted molar refractivity (Wildman–Crippen MR) is 79.3 cm³/mol. The highest BCUT2D eigenvalue weighted by Gasteiger charge is 2.37. The second-order valence-corrected chi connectivity index (χ2v) is 5.77. The Morgan fingerprint density at radius 1 is 1.39 bits per heavy atom. The number of rotatable bonds is 5. The maximum Gasteiger partial charge on any atom is 0.436 e. The largest absolute Gasteiger partial charge is 0.436 e. The van der Waals surface area contributed by atoms with Crippen molar-refractivity contribution in [1.29, 1.82) is 0 Å². The van der Waals surface area contributed by atoms with Crippen LogP contribution in [-0.4, -0.2) is 25.5 Å². The molecule has 2 rings (SSSR count). The number of aryl methyl sites for hydroxylation is 2. The zero-order valence-electron chi connectivity index (χ0n) is 12.5. The van der Waals surface area contributed by atoms with E-state index in [1.54, 1.807) is 24.0 Å². The Kier molecular flexibility index (Phi) is 5.12. The summed E-state index contributed by atoms with van der Waals surface area (Å²) in [5.41, 5.74) is 0.0527. The lowest BCUT2D eigenvalue weighted by Gasteiger charge is -2.05. The van der Waals surface area contributed by atoms with Gasteiger partial charge in [0.05, 0.1) is 29.0 Å². The highest BCUT2D eigenvalue weighted by molar-refractivity contribution is 9.10. The van der Waals surface area contributed by atoms with Gasteiger partial charge in [0, 0.05) is 19.7 Å². The monoisotopic (exact) mass is 393 g/mol. The fourth-order valence-corrected chi connectivity index (χ4v) is 2.47. The summed E-state index contributed by atoms with van der Waals surface area (Å²) in [5.74, 6) is -0.282. The molecule has 0 spiro atoms. The van der Waals surface area contributed by atoms with Crippen LogP contribution in [-0.2, 0) is 31.1 Å². The van der Waals surface area contributed by atoms with Gasteiger partial charge in [-0.25, -0.2) is 0 Å². The van der Waals surface area contributed by atoms with Crippen molar-refractivity contribution in [1.82, 2.24) is 24.9 Å². The van der Waals surface area contributed by atoms with Crippen molar-refractivity contribution in [2.24, 2.45) is 7.05 Å². The maximum absolute atomic E-state index is 12.8. The molecular weight excluding hydrogens is 379 g/mol. The fraction of sp³-hybridized carbons (Fsp3) is 0.462. The standard InChI is InChI=1S/C13H15BrF3N5O/c1-8-11(14)12(13(15,16)17)20-22(8)6-4-10(23)18-7-9-3-5-21(2)19-9/h3,5H,4,6-7H2,1-2H3,(H,18,23). The summed E-state index contributed by atoms with van der Waals surface area (Å²) >= 11 is 2.89. The third-order valence-electron chi connectivity index (χ3n) is 3.19. The second-order valence-electron chi connectivity index (χ2n) is 4.98. The molecule has 126 valence electrons. The molecule has 10 heteroatoms. The van der Waals surface area contributed by atoms with Crippen molar-refractivity contribution < 1.29 is 18.0 Å². The molecule has 0 saturated heterocycles. The number of halogens is 4. The Balaban J connectivity index is 1.91. The van der Waals surface area contributed by atoms with Gasteiger partial charge in [0.2, 0.25) is 5.91 Å². The molecule has 0 saturated carbocycles. The van der Waals surface area contributed by atoms with Gasteiger partial charge >= 0.3 is 6.18 Å². The van der Waals surface area contributed by atoms with Gasteiger partial charge in [0.1, 0.15) is 0 Å². The summed E-state index contributed by atoms with van der Waals surface area (Å²) in [6.07, 6.45) is -2.75. The number of carbonyl (C=O) groups excluding carboxylic acids is 1. The molecule has 2 heterocycles. The van der Waals surface area contributed by atoms with Crippen molar-refractivity contribution in [2.75, 3.05) is 0 Å². The van der Waals surface area contributed by atoms with E-state index in [9.17, 15) is 18.0 Å². The van der Waals surface area contributed by atoms with Crippen molar-refractivity contribution in [2.45, 2.75) is 32.6 Å². The smallest absolute Gasteiger partial charge is 0.350 e. The van der Waals surface area contributed by atoms with Gasteiger partial charge in [-0.2, -0.15) is 23.4 Å². The average molecular weight is 394 g/mol. The molecule has 2 aromatic rings. The van der Waals surface area contributed by atoms with E-state index in [0.717, 1.165) is 0 Å². The summed E-state index contributed by atoms with van der Waals surface area (Å²) in [6, 6.07) is 1.77. The molecule has 0 atom stereocenters. The van der Waals surface area contributed by atoms with Gasteiger partial charge in [0.15, 0.2) is 5.69 Å². The summed E-state index contributed by atoms with van der Waals surface area (Å²) < 4.78 is 41.0. The Labute approximate surface area is 138 Å². The Morgan fingerprint density at radius 2 is 2.09 bits per heavy atom. The first-order valence-electron chi connectivity index (χ1n) is 6.74. The van der Waals surface area contributed by atoms with E-state index in [1.165, 1.54) is 11.6 Å². The summed E-state index contributed by atoms with van der Waals surface area (Å²) in [6.45, 7) is 1.85.